The number of amides is 2. The van der Waals surface area contributed by atoms with Crippen molar-refractivity contribution >= 4 is 11.8 Å². The lowest BCUT2D eigenvalue weighted by Crippen LogP contribution is -2.67. The summed E-state index contributed by atoms with van der Waals surface area (Å²) in [7, 11) is 0. The second kappa shape index (κ2) is 4.28. The van der Waals surface area contributed by atoms with Crippen molar-refractivity contribution in [1.82, 2.24) is 10.2 Å². The number of nitrogens with one attached hydrogen (secondary N) is 1. The van der Waals surface area contributed by atoms with Gasteiger partial charge in [-0.2, -0.15) is 0 Å². The van der Waals surface area contributed by atoms with Crippen LogP contribution in [0.4, 0.5) is 0 Å². The third kappa shape index (κ3) is 2.43. The molecule has 2 amide bonds. The smallest absolute Gasteiger partial charge is 0.248 e. The van der Waals surface area contributed by atoms with Crippen molar-refractivity contribution in [3.05, 3.63) is 11.6 Å². The molecule has 0 saturated carbocycles. The summed E-state index contributed by atoms with van der Waals surface area (Å²) in [6, 6.07) is -0.392. The van der Waals surface area contributed by atoms with E-state index in [0.29, 0.717) is 6.54 Å². The van der Waals surface area contributed by atoms with Crippen molar-refractivity contribution in [3.63, 3.8) is 0 Å². The van der Waals surface area contributed by atoms with Gasteiger partial charge in [0, 0.05) is 6.54 Å². The summed E-state index contributed by atoms with van der Waals surface area (Å²) >= 11 is 0. The normalized spacial score (nSPS) is 24.1. The van der Waals surface area contributed by atoms with Gasteiger partial charge in [0.2, 0.25) is 11.8 Å². The molecular formula is C12H20N2O2. The summed E-state index contributed by atoms with van der Waals surface area (Å²) in [5.41, 5.74) is 0.350. The van der Waals surface area contributed by atoms with E-state index in [9.17, 15) is 9.59 Å². The standard InChI is InChI=1S/C12H20N2O2/c1-8(2)6-7-14-9(3)10(15)13-12(4,5)11(14)16/h6,9H,7H2,1-5H3,(H,13,15). The van der Waals surface area contributed by atoms with Crippen molar-refractivity contribution in [2.45, 2.75) is 46.2 Å². The first-order valence-corrected chi connectivity index (χ1v) is 5.52. The van der Waals surface area contributed by atoms with Crippen LogP contribution in [0.2, 0.25) is 0 Å². The van der Waals surface area contributed by atoms with Gasteiger partial charge in [0.05, 0.1) is 0 Å². The molecule has 1 unspecified atom stereocenters. The van der Waals surface area contributed by atoms with Gasteiger partial charge < -0.3 is 10.2 Å². The zero-order valence-electron chi connectivity index (χ0n) is 10.6. The number of hydrogen-bond acceptors (Lipinski definition) is 2. The molecule has 0 bridgehead atoms. The lowest BCUT2D eigenvalue weighted by molar-refractivity contribution is -0.152. The average Bonchev–Trinajstić information content (AvgIpc) is 2.14. The van der Waals surface area contributed by atoms with E-state index in [1.54, 1.807) is 25.7 Å². The van der Waals surface area contributed by atoms with Crippen LogP contribution in [-0.4, -0.2) is 34.8 Å². The number of carbonyl (C=O) groups is 2. The fraction of sp³-hybridized carbons (Fsp3) is 0.667. The lowest BCUT2D eigenvalue weighted by atomic mass is 9.97. The van der Waals surface area contributed by atoms with Gasteiger partial charge in [-0.25, -0.2) is 0 Å². The summed E-state index contributed by atoms with van der Waals surface area (Å²) < 4.78 is 0. The van der Waals surface area contributed by atoms with Crippen LogP contribution in [-0.2, 0) is 9.59 Å². The molecule has 1 atom stereocenters. The number of rotatable bonds is 2. The van der Waals surface area contributed by atoms with Gasteiger partial charge in [-0.15, -0.1) is 0 Å². The molecule has 0 aliphatic carbocycles. The molecule has 1 aliphatic rings. The quantitative estimate of drug-likeness (QED) is 0.713. The minimum atomic E-state index is -0.793. The van der Waals surface area contributed by atoms with Crippen LogP contribution in [0.1, 0.15) is 34.6 Å². The van der Waals surface area contributed by atoms with E-state index in [-0.39, 0.29) is 11.8 Å². The second-order valence-corrected chi connectivity index (χ2v) is 5.03. The van der Waals surface area contributed by atoms with Crippen molar-refractivity contribution in [1.29, 1.82) is 0 Å². The Morgan fingerprint density at radius 1 is 1.44 bits per heavy atom. The fourth-order valence-corrected chi connectivity index (χ4v) is 1.66. The second-order valence-electron chi connectivity index (χ2n) is 5.03. The predicted octanol–water partition coefficient (Wildman–Crippen LogP) is 1.08. The predicted molar refractivity (Wildman–Crippen MR) is 62.8 cm³/mol. The number of carbonyl (C=O) groups excluding carboxylic acids is 2. The van der Waals surface area contributed by atoms with E-state index >= 15 is 0 Å². The monoisotopic (exact) mass is 224 g/mol. The maximum atomic E-state index is 12.1. The topological polar surface area (TPSA) is 49.4 Å². The zero-order chi connectivity index (χ0) is 12.5. The van der Waals surface area contributed by atoms with Crippen LogP contribution in [0, 0.1) is 0 Å². The third-order valence-electron chi connectivity index (χ3n) is 2.77. The Morgan fingerprint density at radius 3 is 2.50 bits per heavy atom. The Balaban J connectivity index is 2.91. The largest absolute Gasteiger partial charge is 0.340 e. The molecule has 90 valence electrons. The van der Waals surface area contributed by atoms with Gasteiger partial charge in [-0.1, -0.05) is 11.6 Å². The SMILES string of the molecule is CC(C)=CCN1C(=O)C(C)(C)NC(=O)C1C. The summed E-state index contributed by atoms with van der Waals surface area (Å²) in [6.07, 6.45) is 1.96. The molecule has 0 aromatic rings. The average molecular weight is 224 g/mol. The van der Waals surface area contributed by atoms with Gasteiger partial charge in [0.25, 0.3) is 0 Å². The maximum absolute atomic E-state index is 12.1. The van der Waals surface area contributed by atoms with Crippen LogP contribution < -0.4 is 5.32 Å². The number of allylic oxidation sites excluding steroid dienone is 1. The molecule has 0 spiro atoms. The summed E-state index contributed by atoms with van der Waals surface area (Å²) in [6.45, 7) is 9.67. The van der Waals surface area contributed by atoms with Gasteiger partial charge >= 0.3 is 0 Å². The Hall–Kier alpha value is -1.32. The van der Waals surface area contributed by atoms with Crippen LogP contribution >= 0.6 is 0 Å². The first-order chi connectivity index (χ1) is 7.25. The summed E-state index contributed by atoms with van der Waals surface area (Å²) in [5.74, 6) is -0.121. The molecule has 1 heterocycles. The zero-order valence-corrected chi connectivity index (χ0v) is 10.6. The molecule has 4 heteroatoms. The molecule has 16 heavy (non-hydrogen) atoms. The minimum Gasteiger partial charge on any atom is -0.340 e. The summed E-state index contributed by atoms with van der Waals surface area (Å²) in [5, 5.41) is 2.72. The van der Waals surface area contributed by atoms with E-state index in [1.807, 2.05) is 19.9 Å². The molecule has 1 N–H and O–H groups in total. The lowest BCUT2D eigenvalue weighted by Gasteiger charge is -2.41. The molecule has 1 aliphatic heterocycles. The molecule has 0 aromatic carbocycles. The number of piperazine rings is 1. The summed E-state index contributed by atoms with van der Waals surface area (Å²) in [4.78, 5) is 25.4. The van der Waals surface area contributed by atoms with Gasteiger partial charge in [0.1, 0.15) is 11.6 Å². The molecule has 1 rings (SSSR count). The molecule has 0 radical (unpaired) electrons. The first kappa shape index (κ1) is 12.7. The van der Waals surface area contributed by atoms with E-state index in [1.165, 1.54) is 0 Å². The van der Waals surface area contributed by atoms with E-state index < -0.39 is 11.6 Å². The molecule has 1 saturated heterocycles. The molecule has 0 aromatic heterocycles. The Kier molecular flexibility index (Phi) is 3.41. The minimum absolute atomic E-state index is 0.0305. The molecule has 1 fully saturated rings. The highest BCUT2D eigenvalue weighted by atomic mass is 16.2. The first-order valence-electron chi connectivity index (χ1n) is 5.52. The van der Waals surface area contributed by atoms with Crippen LogP contribution in [0.5, 0.6) is 0 Å². The maximum Gasteiger partial charge on any atom is 0.248 e. The van der Waals surface area contributed by atoms with Gasteiger partial charge in [-0.05, 0) is 34.6 Å². The van der Waals surface area contributed by atoms with Crippen molar-refractivity contribution in [3.8, 4) is 0 Å². The number of hydrogen-bond donors (Lipinski definition) is 1. The van der Waals surface area contributed by atoms with Gasteiger partial charge in [0.15, 0.2) is 0 Å². The van der Waals surface area contributed by atoms with Crippen LogP contribution in [0.3, 0.4) is 0 Å². The Morgan fingerprint density at radius 2 is 2.00 bits per heavy atom. The molecule has 4 nitrogen and oxygen atoms in total. The highest BCUT2D eigenvalue weighted by molar-refractivity contribution is 5.99. The highest BCUT2D eigenvalue weighted by Crippen LogP contribution is 2.17. The number of nitrogens with zero attached hydrogens (tertiary/aromatic N) is 1. The fourth-order valence-electron chi connectivity index (χ4n) is 1.66. The van der Waals surface area contributed by atoms with Gasteiger partial charge in [-0.3, -0.25) is 9.59 Å². The third-order valence-corrected chi connectivity index (χ3v) is 2.77. The van der Waals surface area contributed by atoms with E-state index in [2.05, 4.69) is 5.32 Å². The van der Waals surface area contributed by atoms with E-state index in [4.69, 9.17) is 0 Å². The Bertz CT molecular complexity index is 341. The van der Waals surface area contributed by atoms with Crippen molar-refractivity contribution < 1.29 is 9.59 Å². The van der Waals surface area contributed by atoms with Crippen molar-refractivity contribution in [2.24, 2.45) is 0 Å². The highest BCUT2D eigenvalue weighted by Gasteiger charge is 2.42. The molecular weight excluding hydrogens is 204 g/mol. The van der Waals surface area contributed by atoms with Crippen molar-refractivity contribution in [2.75, 3.05) is 6.54 Å². The Labute approximate surface area is 96.7 Å². The van der Waals surface area contributed by atoms with Crippen LogP contribution in [0.15, 0.2) is 11.6 Å². The van der Waals surface area contributed by atoms with Crippen LogP contribution in [0.25, 0.3) is 0 Å². The van der Waals surface area contributed by atoms with E-state index in [0.717, 1.165) is 5.57 Å².